The van der Waals surface area contributed by atoms with Crippen molar-refractivity contribution in [2.45, 2.75) is 39.9 Å². The van der Waals surface area contributed by atoms with E-state index < -0.39 is 11.9 Å². The van der Waals surface area contributed by atoms with Gasteiger partial charge in [0.1, 0.15) is 5.75 Å². The highest BCUT2D eigenvalue weighted by Crippen LogP contribution is 2.38. The van der Waals surface area contributed by atoms with Gasteiger partial charge in [-0.05, 0) is 31.5 Å². The Balaban J connectivity index is 2.06. The van der Waals surface area contributed by atoms with Crippen LogP contribution in [-0.2, 0) is 22.8 Å². The van der Waals surface area contributed by atoms with Crippen LogP contribution in [-0.4, -0.2) is 36.4 Å². The van der Waals surface area contributed by atoms with Crippen molar-refractivity contribution in [1.82, 2.24) is 0 Å². The molecule has 30 heavy (non-hydrogen) atoms. The summed E-state index contributed by atoms with van der Waals surface area (Å²) in [5, 5.41) is 19.0. The van der Waals surface area contributed by atoms with E-state index in [1.165, 1.54) is 14.2 Å². The van der Waals surface area contributed by atoms with Crippen LogP contribution in [0.25, 0.3) is 0 Å². The molecule has 0 fully saturated rings. The first-order chi connectivity index (χ1) is 14.3. The second kappa shape index (κ2) is 10.6. The van der Waals surface area contributed by atoms with Crippen molar-refractivity contribution in [3.05, 3.63) is 46.5 Å². The van der Waals surface area contributed by atoms with Gasteiger partial charge in [-0.15, -0.1) is 0 Å². The van der Waals surface area contributed by atoms with E-state index in [-0.39, 0.29) is 37.6 Å². The van der Waals surface area contributed by atoms with Crippen LogP contribution in [0.1, 0.15) is 35.1 Å². The number of methoxy groups -OCH3 is 2. The number of carbonyl (C=O) groups is 2. The lowest BCUT2D eigenvalue weighted by molar-refractivity contribution is -0.140. The number of aliphatic hydroxyl groups is 2. The molecule has 0 radical (unpaired) electrons. The quantitative estimate of drug-likeness (QED) is 0.472. The first-order valence-corrected chi connectivity index (χ1v) is 9.31. The molecule has 8 heteroatoms. The van der Waals surface area contributed by atoms with Gasteiger partial charge in [-0.2, -0.15) is 0 Å². The van der Waals surface area contributed by atoms with Crippen LogP contribution < -0.4 is 18.9 Å². The Morgan fingerprint density at radius 3 is 1.53 bits per heavy atom. The summed E-state index contributed by atoms with van der Waals surface area (Å²) in [6.07, 6.45) is -0.493. The highest BCUT2D eigenvalue weighted by molar-refractivity contribution is 5.81. The lowest BCUT2D eigenvalue weighted by Crippen LogP contribution is -2.16. The zero-order valence-electron chi connectivity index (χ0n) is 17.5. The van der Waals surface area contributed by atoms with Gasteiger partial charge < -0.3 is 29.2 Å². The van der Waals surface area contributed by atoms with Crippen molar-refractivity contribution in [3.8, 4) is 23.0 Å². The highest BCUT2D eigenvalue weighted by Gasteiger charge is 2.19. The lowest BCUT2D eigenvalue weighted by Gasteiger charge is -2.15. The number of ether oxygens (including phenoxy) is 4. The number of hydrogen-bond donors (Lipinski definition) is 2. The largest absolute Gasteiger partial charge is 0.493 e. The van der Waals surface area contributed by atoms with Gasteiger partial charge in [-0.25, -0.2) is 0 Å². The predicted molar refractivity (Wildman–Crippen MR) is 108 cm³/mol. The van der Waals surface area contributed by atoms with Crippen molar-refractivity contribution in [3.63, 3.8) is 0 Å². The molecule has 0 heterocycles. The molecule has 0 spiro atoms. The van der Waals surface area contributed by atoms with Crippen molar-refractivity contribution in [2.75, 3.05) is 14.2 Å². The second-order valence-corrected chi connectivity index (χ2v) is 6.68. The summed E-state index contributed by atoms with van der Waals surface area (Å²) in [7, 11) is 2.89. The molecule has 2 aromatic rings. The van der Waals surface area contributed by atoms with E-state index in [0.29, 0.717) is 22.6 Å². The molecule has 0 aliphatic carbocycles. The van der Waals surface area contributed by atoms with E-state index in [2.05, 4.69) is 0 Å². The maximum atomic E-state index is 12.3. The van der Waals surface area contributed by atoms with E-state index in [4.69, 9.17) is 18.9 Å². The molecule has 0 bridgehead atoms. The van der Waals surface area contributed by atoms with Gasteiger partial charge >= 0.3 is 11.9 Å². The van der Waals surface area contributed by atoms with E-state index in [1.807, 2.05) is 6.92 Å². The fraction of sp³-hybridized carbons (Fsp3) is 0.364. The minimum Gasteiger partial charge on any atom is -0.493 e. The number of rotatable bonds is 9. The van der Waals surface area contributed by atoms with Crippen LogP contribution in [0, 0.1) is 13.8 Å². The maximum Gasteiger partial charge on any atom is 0.312 e. The summed E-state index contributed by atoms with van der Waals surface area (Å²) in [4.78, 5) is 24.5. The smallest absolute Gasteiger partial charge is 0.312 e. The topological polar surface area (TPSA) is 112 Å². The van der Waals surface area contributed by atoms with Crippen LogP contribution in [0.5, 0.6) is 23.0 Å². The monoisotopic (exact) mass is 418 g/mol. The summed E-state index contributed by atoms with van der Waals surface area (Å²) in [6, 6.07) is 6.71. The van der Waals surface area contributed by atoms with Gasteiger partial charge in [0.15, 0.2) is 11.5 Å². The van der Waals surface area contributed by atoms with Gasteiger partial charge in [0.2, 0.25) is 5.75 Å². The molecule has 0 aliphatic heterocycles. The van der Waals surface area contributed by atoms with Gasteiger partial charge in [0.25, 0.3) is 0 Å². The Morgan fingerprint density at radius 2 is 1.13 bits per heavy atom. The maximum absolute atomic E-state index is 12.3. The normalized spacial score (nSPS) is 10.5. The number of benzene rings is 2. The first-order valence-electron chi connectivity index (χ1n) is 9.31. The molecule has 2 N–H and O–H groups in total. The van der Waals surface area contributed by atoms with E-state index in [1.54, 1.807) is 31.2 Å². The standard InChI is InChI=1S/C22H26O8/c1-13-7-15(11-23)21(16(8-13)12-24)29-19(25)5-6-20(26)30-22-17(27-3)9-14(2)10-18(22)28-4/h7-10,23-24H,5-6,11-12H2,1-4H3. The molecule has 2 aromatic carbocycles. The molecule has 0 saturated heterocycles. The summed E-state index contributed by atoms with van der Waals surface area (Å²) in [5.41, 5.74) is 2.44. The van der Waals surface area contributed by atoms with Crippen LogP contribution in [0.3, 0.4) is 0 Å². The van der Waals surface area contributed by atoms with Crippen LogP contribution in [0.15, 0.2) is 24.3 Å². The zero-order chi connectivity index (χ0) is 22.3. The van der Waals surface area contributed by atoms with Gasteiger partial charge in [0.05, 0.1) is 40.3 Å². The third kappa shape index (κ3) is 5.71. The molecule has 0 amide bonds. The lowest BCUT2D eigenvalue weighted by atomic mass is 10.1. The Kier molecular flexibility index (Phi) is 8.20. The number of aryl methyl sites for hydroxylation is 2. The molecule has 0 saturated carbocycles. The molecular weight excluding hydrogens is 392 g/mol. The summed E-state index contributed by atoms with van der Waals surface area (Å²) >= 11 is 0. The van der Waals surface area contributed by atoms with E-state index in [9.17, 15) is 19.8 Å². The Morgan fingerprint density at radius 1 is 0.733 bits per heavy atom. The minimum atomic E-state index is -0.692. The highest BCUT2D eigenvalue weighted by atomic mass is 16.6. The molecule has 0 aromatic heterocycles. The van der Waals surface area contributed by atoms with Crippen molar-refractivity contribution in [1.29, 1.82) is 0 Å². The minimum absolute atomic E-state index is 0.103. The number of aliphatic hydroxyl groups excluding tert-OH is 2. The summed E-state index contributed by atoms with van der Waals surface area (Å²) < 4.78 is 21.1. The van der Waals surface area contributed by atoms with Gasteiger partial charge in [0, 0.05) is 11.1 Å². The summed E-state index contributed by atoms with van der Waals surface area (Å²) in [5.74, 6) is -0.451. The zero-order valence-corrected chi connectivity index (χ0v) is 17.5. The molecule has 0 unspecified atom stereocenters. The van der Waals surface area contributed by atoms with Crippen LogP contribution in [0.2, 0.25) is 0 Å². The van der Waals surface area contributed by atoms with Gasteiger partial charge in [-0.1, -0.05) is 17.7 Å². The SMILES string of the molecule is COc1cc(C)cc(OC)c1OC(=O)CCC(=O)Oc1c(CO)cc(C)cc1CO. The van der Waals surface area contributed by atoms with Crippen molar-refractivity contribution >= 4 is 11.9 Å². The first kappa shape index (κ1) is 23.2. The third-order valence-corrected chi connectivity index (χ3v) is 4.30. The average Bonchev–Trinajstić information content (AvgIpc) is 2.73. The van der Waals surface area contributed by atoms with E-state index >= 15 is 0 Å². The molecular formula is C22H26O8. The fourth-order valence-electron chi connectivity index (χ4n) is 2.94. The predicted octanol–water partition coefficient (Wildman–Crippen LogP) is 2.60. The third-order valence-electron chi connectivity index (χ3n) is 4.30. The second-order valence-electron chi connectivity index (χ2n) is 6.68. The average molecular weight is 418 g/mol. The van der Waals surface area contributed by atoms with Crippen LogP contribution in [0.4, 0.5) is 0 Å². The Bertz CT molecular complexity index is 794. The molecule has 162 valence electrons. The van der Waals surface area contributed by atoms with Crippen LogP contribution >= 0.6 is 0 Å². The fourth-order valence-corrected chi connectivity index (χ4v) is 2.94. The number of hydrogen-bond acceptors (Lipinski definition) is 8. The molecule has 0 atom stereocenters. The van der Waals surface area contributed by atoms with Gasteiger partial charge in [-0.3, -0.25) is 9.59 Å². The Labute approximate surface area is 175 Å². The van der Waals surface area contributed by atoms with Crippen molar-refractivity contribution < 1.29 is 38.7 Å². The number of esters is 2. The number of carbonyl (C=O) groups excluding carboxylic acids is 2. The molecule has 8 nitrogen and oxygen atoms in total. The van der Waals surface area contributed by atoms with Crippen molar-refractivity contribution in [2.24, 2.45) is 0 Å². The Hall–Kier alpha value is -3.10. The molecule has 2 rings (SSSR count). The molecule has 0 aliphatic rings. The summed E-state index contributed by atoms with van der Waals surface area (Å²) in [6.45, 7) is 2.94. The van der Waals surface area contributed by atoms with E-state index in [0.717, 1.165) is 11.1 Å².